The largest absolute Gasteiger partial charge is 0.312 e. The van der Waals surface area contributed by atoms with Crippen LogP contribution in [-0.4, -0.2) is 12.1 Å². The van der Waals surface area contributed by atoms with Crippen molar-refractivity contribution in [3.63, 3.8) is 0 Å². The molecule has 0 saturated heterocycles. The Morgan fingerprint density at radius 1 is 1.13 bits per heavy atom. The summed E-state index contributed by atoms with van der Waals surface area (Å²) in [6, 6.07) is 0. The fourth-order valence-electron chi connectivity index (χ4n) is 2.69. The molecule has 1 saturated carbocycles. The van der Waals surface area contributed by atoms with E-state index in [0.717, 1.165) is 11.8 Å². The molecular weight excluding hydrogens is 182 g/mol. The molecule has 0 aromatic carbocycles. The molecule has 1 rings (SSSR count). The quantitative estimate of drug-likeness (QED) is 0.741. The van der Waals surface area contributed by atoms with Crippen molar-refractivity contribution in [1.82, 2.24) is 5.32 Å². The van der Waals surface area contributed by atoms with Gasteiger partial charge in [-0.3, -0.25) is 0 Å². The molecule has 0 bridgehead atoms. The Morgan fingerprint density at radius 2 is 1.73 bits per heavy atom. The third-order valence-electron chi connectivity index (χ3n) is 3.74. The van der Waals surface area contributed by atoms with E-state index in [-0.39, 0.29) is 5.54 Å². The van der Waals surface area contributed by atoms with Gasteiger partial charge in [-0.05, 0) is 39.2 Å². The standard InChI is InChI=1S/C14H29N/c1-5-12(11-15-14(2,3)4)13-9-7-6-8-10-13/h12-13,15H,5-11H2,1-4H3. The highest BCUT2D eigenvalue weighted by Crippen LogP contribution is 2.31. The van der Waals surface area contributed by atoms with Crippen LogP contribution in [0.5, 0.6) is 0 Å². The average Bonchev–Trinajstić information content (AvgIpc) is 2.19. The van der Waals surface area contributed by atoms with Crippen LogP contribution < -0.4 is 5.32 Å². The van der Waals surface area contributed by atoms with Gasteiger partial charge in [-0.2, -0.15) is 0 Å². The molecule has 0 aromatic heterocycles. The molecule has 1 aliphatic rings. The summed E-state index contributed by atoms with van der Waals surface area (Å²) >= 11 is 0. The van der Waals surface area contributed by atoms with E-state index in [0.29, 0.717) is 0 Å². The second-order valence-electron chi connectivity index (χ2n) is 6.20. The first-order valence-electron chi connectivity index (χ1n) is 6.78. The third kappa shape index (κ3) is 5.01. The first kappa shape index (κ1) is 13.0. The predicted octanol–water partition coefficient (Wildman–Crippen LogP) is 3.98. The summed E-state index contributed by atoms with van der Waals surface area (Å²) in [7, 11) is 0. The fraction of sp³-hybridized carbons (Fsp3) is 1.00. The van der Waals surface area contributed by atoms with E-state index in [2.05, 4.69) is 33.0 Å². The van der Waals surface area contributed by atoms with Crippen LogP contribution in [0.3, 0.4) is 0 Å². The Hall–Kier alpha value is -0.0400. The maximum Gasteiger partial charge on any atom is 0.00966 e. The minimum Gasteiger partial charge on any atom is -0.312 e. The number of hydrogen-bond donors (Lipinski definition) is 1. The summed E-state index contributed by atoms with van der Waals surface area (Å²) in [6.07, 6.45) is 8.70. The van der Waals surface area contributed by atoms with E-state index in [1.807, 2.05) is 0 Å². The minimum atomic E-state index is 0.280. The summed E-state index contributed by atoms with van der Waals surface area (Å²) in [5.41, 5.74) is 0.280. The van der Waals surface area contributed by atoms with E-state index < -0.39 is 0 Å². The Labute approximate surface area is 96.0 Å². The Balaban J connectivity index is 2.34. The smallest absolute Gasteiger partial charge is 0.00966 e. The Kier molecular flexibility index (Phi) is 5.11. The third-order valence-corrected chi connectivity index (χ3v) is 3.74. The molecule has 1 heteroatoms. The number of rotatable bonds is 4. The van der Waals surface area contributed by atoms with Crippen molar-refractivity contribution in [1.29, 1.82) is 0 Å². The van der Waals surface area contributed by atoms with Crippen LogP contribution in [0.1, 0.15) is 66.2 Å². The molecule has 0 radical (unpaired) electrons. The van der Waals surface area contributed by atoms with Crippen molar-refractivity contribution >= 4 is 0 Å². The lowest BCUT2D eigenvalue weighted by molar-refractivity contribution is 0.221. The summed E-state index contributed by atoms with van der Waals surface area (Å²) in [5, 5.41) is 3.67. The van der Waals surface area contributed by atoms with Crippen molar-refractivity contribution in [2.24, 2.45) is 11.8 Å². The maximum absolute atomic E-state index is 3.67. The lowest BCUT2D eigenvalue weighted by Crippen LogP contribution is -2.40. The molecular formula is C14H29N. The SMILES string of the molecule is CCC(CNC(C)(C)C)C1CCCCC1. The molecule has 0 spiro atoms. The van der Waals surface area contributed by atoms with Gasteiger partial charge in [0.15, 0.2) is 0 Å². The van der Waals surface area contributed by atoms with Crippen LogP contribution in [0.4, 0.5) is 0 Å². The van der Waals surface area contributed by atoms with Gasteiger partial charge in [0.1, 0.15) is 0 Å². The molecule has 0 amide bonds. The van der Waals surface area contributed by atoms with Crippen LogP contribution in [-0.2, 0) is 0 Å². The molecule has 1 nitrogen and oxygen atoms in total. The predicted molar refractivity (Wildman–Crippen MR) is 68.1 cm³/mol. The summed E-state index contributed by atoms with van der Waals surface area (Å²) in [5.74, 6) is 1.91. The van der Waals surface area contributed by atoms with Gasteiger partial charge in [-0.1, -0.05) is 45.4 Å². The van der Waals surface area contributed by atoms with Crippen molar-refractivity contribution < 1.29 is 0 Å². The monoisotopic (exact) mass is 211 g/mol. The summed E-state index contributed by atoms with van der Waals surface area (Å²) < 4.78 is 0. The lowest BCUT2D eigenvalue weighted by Gasteiger charge is -2.32. The highest BCUT2D eigenvalue weighted by molar-refractivity contribution is 4.78. The maximum atomic E-state index is 3.67. The van der Waals surface area contributed by atoms with Gasteiger partial charge in [0.25, 0.3) is 0 Å². The normalized spacial score (nSPS) is 21.6. The highest BCUT2D eigenvalue weighted by Gasteiger charge is 2.23. The second kappa shape index (κ2) is 5.89. The molecule has 0 aliphatic heterocycles. The molecule has 1 atom stereocenters. The van der Waals surface area contributed by atoms with Crippen molar-refractivity contribution in [3.05, 3.63) is 0 Å². The molecule has 0 heterocycles. The van der Waals surface area contributed by atoms with Crippen LogP contribution in [0, 0.1) is 11.8 Å². The molecule has 1 fully saturated rings. The molecule has 90 valence electrons. The van der Waals surface area contributed by atoms with Crippen molar-refractivity contribution in [2.45, 2.75) is 71.8 Å². The van der Waals surface area contributed by atoms with Gasteiger partial charge >= 0.3 is 0 Å². The van der Waals surface area contributed by atoms with Gasteiger partial charge in [0, 0.05) is 5.54 Å². The molecule has 1 aliphatic carbocycles. The zero-order valence-corrected chi connectivity index (χ0v) is 11.1. The zero-order valence-electron chi connectivity index (χ0n) is 11.1. The van der Waals surface area contributed by atoms with Crippen LogP contribution in [0.2, 0.25) is 0 Å². The minimum absolute atomic E-state index is 0.280. The first-order chi connectivity index (χ1) is 7.03. The fourth-order valence-corrected chi connectivity index (χ4v) is 2.69. The summed E-state index contributed by atoms with van der Waals surface area (Å²) in [6.45, 7) is 10.4. The molecule has 1 N–H and O–H groups in total. The van der Waals surface area contributed by atoms with Gasteiger partial charge in [0.05, 0.1) is 0 Å². The zero-order chi connectivity index (χ0) is 11.3. The van der Waals surface area contributed by atoms with E-state index in [1.165, 1.54) is 45.1 Å². The highest BCUT2D eigenvalue weighted by atomic mass is 14.9. The van der Waals surface area contributed by atoms with Crippen LogP contribution in [0.25, 0.3) is 0 Å². The molecule has 15 heavy (non-hydrogen) atoms. The molecule has 0 aromatic rings. The van der Waals surface area contributed by atoms with Crippen LogP contribution >= 0.6 is 0 Å². The topological polar surface area (TPSA) is 12.0 Å². The van der Waals surface area contributed by atoms with Crippen LogP contribution in [0.15, 0.2) is 0 Å². The Morgan fingerprint density at radius 3 is 2.20 bits per heavy atom. The second-order valence-corrected chi connectivity index (χ2v) is 6.20. The van der Waals surface area contributed by atoms with Gasteiger partial charge in [-0.15, -0.1) is 0 Å². The van der Waals surface area contributed by atoms with Crippen molar-refractivity contribution in [3.8, 4) is 0 Å². The van der Waals surface area contributed by atoms with E-state index in [1.54, 1.807) is 0 Å². The molecule has 1 unspecified atom stereocenters. The van der Waals surface area contributed by atoms with E-state index in [4.69, 9.17) is 0 Å². The Bertz CT molecular complexity index is 163. The first-order valence-corrected chi connectivity index (χ1v) is 6.78. The van der Waals surface area contributed by atoms with Gasteiger partial charge in [-0.25, -0.2) is 0 Å². The number of nitrogens with one attached hydrogen (secondary N) is 1. The van der Waals surface area contributed by atoms with Gasteiger partial charge < -0.3 is 5.32 Å². The van der Waals surface area contributed by atoms with Crippen molar-refractivity contribution in [2.75, 3.05) is 6.54 Å². The van der Waals surface area contributed by atoms with E-state index >= 15 is 0 Å². The van der Waals surface area contributed by atoms with Gasteiger partial charge in [0.2, 0.25) is 0 Å². The van der Waals surface area contributed by atoms with E-state index in [9.17, 15) is 0 Å². The lowest BCUT2D eigenvalue weighted by atomic mass is 9.78. The average molecular weight is 211 g/mol. The number of hydrogen-bond acceptors (Lipinski definition) is 1. The summed E-state index contributed by atoms with van der Waals surface area (Å²) in [4.78, 5) is 0.